The van der Waals surface area contributed by atoms with Gasteiger partial charge >= 0.3 is 5.97 Å². The number of nitrogens with one attached hydrogen (secondary N) is 1. The standard InChI is InChI=1S/C10H15NO4/c1-10(2,3)7-6(12)5(8(13)11-7)9(14)15-4/h5,7H,1-4H3,(H,11,13). The molecule has 5 nitrogen and oxygen atoms in total. The Bertz CT molecular complexity index is 316. The van der Waals surface area contributed by atoms with Gasteiger partial charge in [0.05, 0.1) is 13.2 Å². The zero-order valence-electron chi connectivity index (χ0n) is 9.29. The van der Waals surface area contributed by atoms with E-state index in [1.807, 2.05) is 20.8 Å². The fourth-order valence-electron chi connectivity index (χ4n) is 1.58. The summed E-state index contributed by atoms with van der Waals surface area (Å²) in [6.07, 6.45) is 0. The summed E-state index contributed by atoms with van der Waals surface area (Å²) in [7, 11) is 1.16. The van der Waals surface area contributed by atoms with E-state index in [0.29, 0.717) is 0 Å². The van der Waals surface area contributed by atoms with E-state index in [9.17, 15) is 14.4 Å². The van der Waals surface area contributed by atoms with Crippen LogP contribution in [-0.4, -0.2) is 30.8 Å². The molecule has 2 unspecified atom stereocenters. The lowest BCUT2D eigenvalue weighted by molar-refractivity contribution is -0.151. The van der Waals surface area contributed by atoms with E-state index in [1.165, 1.54) is 0 Å². The van der Waals surface area contributed by atoms with Gasteiger partial charge in [0.2, 0.25) is 5.91 Å². The predicted octanol–water partition coefficient (Wildman–Crippen LogP) is -0.111. The number of hydrogen-bond donors (Lipinski definition) is 1. The van der Waals surface area contributed by atoms with Crippen LogP contribution in [-0.2, 0) is 19.1 Å². The molecule has 84 valence electrons. The average Bonchev–Trinajstić information content (AvgIpc) is 2.40. The Hall–Kier alpha value is -1.39. The molecule has 2 atom stereocenters. The van der Waals surface area contributed by atoms with Crippen molar-refractivity contribution >= 4 is 17.7 Å². The smallest absolute Gasteiger partial charge is 0.325 e. The number of hydrogen-bond acceptors (Lipinski definition) is 4. The van der Waals surface area contributed by atoms with Crippen LogP contribution in [0.25, 0.3) is 0 Å². The van der Waals surface area contributed by atoms with E-state index < -0.39 is 35.0 Å². The number of Topliss-reactive ketones (excluding diaryl/α,β-unsaturated/α-hetero) is 1. The van der Waals surface area contributed by atoms with Gasteiger partial charge in [0.1, 0.15) is 0 Å². The first-order valence-corrected chi connectivity index (χ1v) is 4.71. The Kier molecular flexibility index (Phi) is 2.83. The second-order valence-electron chi connectivity index (χ2n) is 4.67. The number of rotatable bonds is 1. The topological polar surface area (TPSA) is 72.5 Å². The molecule has 5 heteroatoms. The second kappa shape index (κ2) is 3.64. The van der Waals surface area contributed by atoms with Crippen LogP contribution in [0.15, 0.2) is 0 Å². The van der Waals surface area contributed by atoms with Crippen molar-refractivity contribution in [3.05, 3.63) is 0 Å². The SMILES string of the molecule is COC(=O)C1C(=O)NC(C(C)(C)C)C1=O. The van der Waals surface area contributed by atoms with Crippen LogP contribution < -0.4 is 5.32 Å². The number of carbonyl (C=O) groups excluding carboxylic acids is 3. The zero-order chi connectivity index (χ0) is 11.8. The number of ketones is 1. The van der Waals surface area contributed by atoms with Crippen LogP contribution >= 0.6 is 0 Å². The van der Waals surface area contributed by atoms with Crippen LogP contribution in [0.5, 0.6) is 0 Å². The summed E-state index contributed by atoms with van der Waals surface area (Å²) in [6.45, 7) is 5.49. The molecular formula is C10H15NO4. The summed E-state index contributed by atoms with van der Waals surface area (Å²) in [4.78, 5) is 34.4. The fraction of sp³-hybridized carbons (Fsp3) is 0.700. The third-order valence-electron chi connectivity index (χ3n) is 2.42. The van der Waals surface area contributed by atoms with Gasteiger partial charge in [0.25, 0.3) is 0 Å². The van der Waals surface area contributed by atoms with Gasteiger partial charge in [-0.05, 0) is 5.41 Å². The molecule has 0 aromatic rings. The van der Waals surface area contributed by atoms with E-state index >= 15 is 0 Å². The zero-order valence-corrected chi connectivity index (χ0v) is 9.29. The molecule has 1 aliphatic rings. The Morgan fingerprint density at radius 1 is 1.33 bits per heavy atom. The lowest BCUT2D eigenvalue weighted by atomic mass is 9.83. The third kappa shape index (κ3) is 2.00. The van der Waals surface area contributed by atoms with Gasteiger partial charge in [-0.1, -0.05) is 20.8 Å². The molecule has 15 heavy (non-hydrogen) atoms. The second-order valence-corrected chi connectivity index (χ2v) is 4.67. The maximum Gasteiger partial charge on any atom is 0.325 e. The van der Waals surface area contributed by atoms with Gasteiger partial charge in [-0.3, -0.25) is 14.4 Å². The normalized spacial score (nSPS) is 26.4. The van der Waals surface area contributed by atoms with Crippen molar-refractivity contribution in [2.75, 3.05) is 7.11 Å². The molecule has 1 fully saturated rings. The van der Waals surface area contributed by atoms with E-state index in [1.54, 1.807) is 0 Å². The Labute approximate surface area is 88.2 Å². The highest BCUT2D eigenvalue weighted by Gasteiger charge is 2.50. The largest absolute Gasteiger partial charge is 0.468 e. The van der Waals surface area contributed by atoms with Crippen molar-refractivity contribution in [1.82, 2.24) is 5.32 Å². The maximum atomic E-state index is 11.8. The van der Waals surface area contributed by atoms with Crippen LogP contribution in [0.4, 0.5) is 0 Å². The van der Waals surface area contributed by atoms with Crippen molar-refractivity contribution < 1.29 is 19.1 Å². The number of amides is 1. The van der Waals surface area contributed by atoms with E-state index in [4.69, 9.17) is 0 Å². The first-order valence-electron chi connectivity index (χ1n) is 4.71. The highest BCUT2D eigenvalue weighted by atomic mass is 16.5. The van der Waals surface area contributed by atoms with Crippen LogP contribution in [0.3, 0.4) is 0 Å². The highest BCUT2D eigenvalue weighted by molar-refractivity contribution is 6.22. The maximum absolute atomic E-state index is 11.8. The minimum absolute atomic E-state index is 0.393. The molecule has 1 saturated heterocycles. The van der Waals surface area contributed by atoms with Gasteiger partial charge < -0.3 is 10.1 Å². The quantitative estimate of drug-likeness (QED) is 0.487. The monoisotopic (exact) mass is 213 g/mol. The Morgan fingerprint density at radius 2 is 1.87 bits per heavy atom. The van der Waals surface area contributed by atoms with Crippen LogP contribution in [0.2, 0.25) is 0 Å². The average molecular weight is 213 g/mol. The number of carbonyl (C=O) groups is 3. The summed E-state index contributed by atoms with van der Waals surface area (Å²) >= 11 is 0. The minimum Gasteiger partial charge on any atom is -0.468 e. The first kappa shape index (κ1) is 11.7. The van der Waals surface area contributed by atoms with Crippen molar-refractivity contribution in [3.63, 3.8) is 0 Å². The van der Waals surface area contributed by atoms with Crippen LogP contribution in [0, 0.1) is 11.3 Å². The van der Waals surface area contributed by atoms with Gasteiger partial charge in [-0.25, -0.2) is 0 Å². The fourth-order valence-corrected chi connectivity index (χ4v) is 1.58. The first-order chi connectivity index (χ1) is 6.79. The molecule has 0 aromatic carbocycles. The van der Waals surface area contributed by atoms with E-state index in [-0.39, 0.29) is 0 Å². The molecule has 0 bridgehead atoms. The summed E-state index contributed by atoms with van der Waals surface area (Å²) in [6, 6.07) is -0.617. The van der Waals surface area contributed by atoms with Gasteiger partial charge in [-0.2, -0.15) is 0 Å². The number of methoxy groups -OCH3 is 1. The molecule has 0 saturated carbocycles. The molecule has 1 heterocycles. The third-order valence-corrected chi connectivity index (χ3v) is 2.42. The van der Waals surface area contributed by atoms with Crippen molar-refractivity contribution in [2.45, 2.75) is 26.8 Å². The van der Waals surface area contributed by atoms with E-state index in [2.05, 4.69) is 10.1 Å². The van der Waals surface area contributed by atoms with Gasteiger partial charge in [0.15, 0.2) is 11.7 Å². The van der Waals surface area contributed by atoms with Crippen molar-refractivity contribution in [3.8, 4) is 0 Å². The number of ether oxygens (including phenoxy) is 1. The van der Waals surface area contributed by atoms with Crippen molar-refractivity contribution in [2.24, 2.45) is 11.3 Å². The van der Waals surface area contributed by atoms with E-state index in [0.717, 1.165) is 7.11 Å². The molecule has 0 radical (unpaired) electrons. The molecule has 1 aliphatic heterocycles. The summed E-state index contributed by atoms with van der Waals surface area (Å²) in [5.41, 5.74) is -0.393. The summed E-state index contributed by atoms with van der Waals surface area (Å²) in [5.74, 6) is -3.05. The Balaban J connectivity index is 2.94. The van der Waals surface area contributed by atoms with Crippen molar-refractivity contribution in [1.29, 1.82) is 0 Å². The lowest BCUT2D eigenvalue weighted by Crippen LogP contribution is -2.41. The molecule has 0 spiro atoms. The lowest BCUT2D eigenvalue weighted by Gasteiger charge is -2.24. The Morgan fingerprint density at radius 3 is 2.20 bits per heavy atom. The molecule has 0 aliphatic carbocycles. The molecule has 1 rings (SSSR count). The summed E-state index contributed by atoms with van der Waals surface area (Å²) in [5, 5.41) is 2.52. The molecule has 1 N–H and O–H groups in total. The van der Waals surface area contributed by atoms with Gasteiger partial charge in [-0.15, -0.1) is 0 Å². The predicted molar refractivity (Wildman–Crippen MR) is 51.9 cm³/mol. The minimum atomic E-state index is -1.29. The van der Waals surface area contributed by atoms with Gasteiger partial charge in [0, 0.05) is 0 Å². The number of esters is 1. The van der Waals surface area contributed by atoms with Crippen LogP contribution in [0.1, 0.15) is 20.8 Å². The summed E-state index contributed by atoms with van der Waals surface area (Å²) < 4.78 is 4.42. The molecular weight excluding hydrogens is 198 g/mol. The highest BCUT2D eigenvalue weighted by Crippen LogP contribution is 2.27. The molecule has 0 aromatic heterocycles. The molecule has 1 amide bonds.